The second kappa shape index (κ2) is 18.6. The number of benzene rings is 3. The minimum atomic E-state index is -0.496. The number of imide groups is 1. The molecule has 57 heavy (non-hydrogen) atoms. The van der Waals surface area contributed by atoms with Crippen LogP contribution in [-0.4, -0.2) is 132 Å². The third-order valence-electron chi connectivity index (χ3n) is 10.0. The molecule has 1 aromatic heterocycles. The number of carbonyl (C=O) groups excluding carboxylic acids is 3. The highest BCUT2D eigenvalue weighted by molar-refractivity contribution is 6.21. The lowest BCUT2D eigenvalue weighted by Crippen LogP contribution is -2.44. The van der Waals surface area contributed by atoms with Gasteiger partial charge in [0.1, 0.15) is 18.2 Å². The molecule has 0 spiro atoms. The maximum atomic E-state index is 14.3. The van der Waals surface area contributed by atoms with E-state index >= 15 is 0 Å². The molecule has 3 amide bonds. The predicted octanol–water partition coefficient (Wildman–Crippen LogP) is 2.26. The number of carbonyl (C=O) groups is 3. The van der Waals surface area contributed by atoms with E-state index in [0.717, 1.165) is 16.2 Å². The van der Waals surface area contributed by atoms with Crippen LogP contribution in [0.1, 0.15) is 32.1 Å². The van der Waals surface area contributed by atoms with E-state index in [2.05, 4.69) is 10.2 Å². The Hall–Kier alpha value is -5.55. The summed E-state index contributed by atoms with van der Waals surface area (Å²) in [6.07, 6.45) is 0.488. The molecule has 16 nitrogen and oxygen atoms in total. The number of amides is 3. The van der Waals surface area contributed by atoms with Crippen LogP contribution in [0.4, 0.5) is 5.69 Å². The first kappa shape index (κ1) is 39.7. The second-order valence-corrected chi connectivity index (χ2v) is 13.7. The Morgan fingerprint density at radius 2 is 1.63 bits per heavy atom. The zero-order valence-electron chi connectivity index (χ0n) is 32.2. The molecule has 1 saturated heterocycles. The van der Waals surface area contributed by atoms with Gasteiger partial charge in [0.25, 0.3) is 23.3 Å². The summed E-state index contributed by atoms with van der Waals surface area (Å²) >= 11 is 0. The maximum absolute atomic E-state index is 14.3. The Kier molecular flexibility index (Phi) is 12.9. The summed E-state index contributed by atoms with van der Waals surface area (Å²) in [5.74, 6) is 0.476. The molecule has 4 aromatic rings. The van der Waals surface area contributed by atoms with E-state index in [1.807, 2.05) is 30.3 Å². The van der Waals surface area contributed by atoms with E-state index in [9.17, 15) is 19.2 Å². The number of ether oxygens (including phenoxy) is 7. The second-order valence-electron chi connectivity index (χ2n) is 13.7. The number of nitrogens with one attached hydrogen (secondary N) is 1. The largest absolute Gasteiger partial charge is 0.493 e. The lowest BCUT2D eigenvalue weighted by Gasteiger charge is -2.34. The van der Waals surface area contributed by atoms with Gasteiger partial charge in [-0.3, -0.25) is 28.6 Å². The van der Waals surface area contributed by atoms with E-state index in [4.69, 9.17) is 38.1 Å². The summed E-state index contributed by atoms with van der Waals surface area (Å²) in [6.45, 7) is 4.09. The highest BCUT2D eigenvalue weighted by Crippen LogP contribution is 2.30. The third-order valence-corrected chi connectivity index (χ3v) is 10.0. The van der Waals surface area contributed by atoms with Crippen LogP contribution in [0, 0.1) is 0 Å². The molecule has 1 atom stereocenters. The molecule has 4 heterocycles. The molecule has 3 aliphatic heterocycles. The summed E-state index contributed by atoms with van der Waals surface area (Å²) in [6, 6.07) is 15.8. The van der Waals surface area contributed by atoms with Crippen molar-refractivity contribution in [1.29, 1.82) is 0 Å². The monoisotopic (exact) mass is 785 g/mol. The number of hydrogen-bond acceptors (Lipinski definition) is 13. The Balaban J connectivity index is 1.19. The summed E-state index contributed by atoms with van der Waals surface area (Å²) in [4.78, 5) is 62.3. The van der Waals surface area contributed by atoms with Gasteiger partial charge in [-0.25, -0.2) is 4.98 Å². The molecular weight excluding hydrogens is 738 g/mol. The topological polar surface area (TPSA) is 169 Å². The van der Waals surface area contributed by atoms with Crippen molar-refractivity contribution in [1.82, 2.24) is 19.8 Å². The van der Waals surface area contributed by atoms with Gasteiger partial charge < -0.3 is 43.4 Å². The van der Waals surface area contributed by atoms with Gasteiger partial charge in [0, 0.05) is 51.9 Å². The SMILES string of the molecule is COCC1CN(c2ccc3c(=O)n4c(nc3c2)CCN2C(=O)c3ccc(cc3C2=O)OCC(=O)NCCOCCOCCOc2cc(ccc2OC)CC4)CCO1. The number of morpholine rings is 1. The van der Waals surface area contributed by atoms with Crippen molar-refractivity contribution in [2.24, 2.45) is 0 Å². The van der Waals surface area contributed by atoms with Crippen molar-refractivity contribution in [2.45, 2.75) is 25.5 Å². The summed E-state index contributed by atoms with van der Waals surface area (Å²) < 4.78 is 41.2. The van der Waals surface area contributed by atoms with Crippen LogP contribution < -0.4 is 30.0 Å². The van der Waals surface area contributed by atoms with E-state index in [1.165, 1.54) is 12.1 Å². The number of nitrogens with zero attached hydrogens (tertiary/aromatic N) is 4. The molecule has 1 N–H and O–H groups in total. The van der Waals surface area contributed by atoms with Crippen LogP contribution in [-0.2, 0) is 43.1 Å². The van der Waals surface area contributed by atoms with Crippen molar-refractivity contribution >= 4 is 34.3 Å². The van der Waals surface area contributed by atoms with Gasteiger partial charge in [-0.2, -0.15) is 0 Å². The first-order valence-corrected chi connectivity index (χ1v) is 19.1. The zero-order valence-corrected chi connectivity index (χ0v) is 32.2. The molecule has 0 aliphatic carbocycles. The van der Waals surface area contributed by atoms with Crippen LogP contribution in [0.15, 0.2) is 59.4 Å². The van der Waals surface area contributed by atoms with Crippen molar-refractivity contribution in [3.63, 3.8) is 0 Å². The Bertz CT molecular complexity index is 2160. The summed E-state index contributed by atoms with van der Waals surface area (Å²) in [7, 11) is 3.21. The van der Waals surface area contributed by atoms with Gasteiger partial charge in [0.15, 0.2) is 18.1 Å². The fourth-order valence-electron chi connectivity index (χ4n) is 7.11. The highest BCUT2D eigenvalue weighted by atomic mass is 16.6. The first-order chi connectivity index (χ1) is 27.8. The normalized spacial score (nSPS) is 19.1. The Morgan fingerprint density at radius 3 is 2.47 bits per heavy atom. The molecule has 0 saturated carbocycles. The molecule has 0 radical (unpaired) electrons. The Labute approximate surface area is 329 Å². The van der Waals surface area contributed by atoms with Crippen molar-refractivity contribution in [2.75, 3.05) is 98.2 Å². The average molecular weight is 786 g/mol. The summed E-state index contributed by atoms with van der Waals surface area (Å²) in [5.41, 5.74) is 2.48. The number of fused-ring (bicyclic) bond motifs is 6. The first-order valence-electron chi connectivity index (χ1n) is 19.1. The molecule has 5 bridgehead atoms. The van der Waals surface area contributed by atoms with Crippen molar-refractivity contribution < 1.29 is 47.5 Å². The predicted molar refractivity (Wildman–Crippen MR) is 208 cm³/mol. The standard InChI is InChI=1S/C41H47N5O11/c1-51-25-30-24-44(14-16-55-30)28-4-6-32-34(22-28)43-37-10-13-46-39(48)31-7-5-29(23-33(31)41(46)50)57-26-38(47)42-11-15-53-17-18-54-19-20-56-36-21-27(3-8-35(36)52-2)9-12-45(37)40(32)49/h3-8,21-23,30H,9-20,24-26H2,1-2H3,(H,42,47). The third kappa shape index (κ3) is 9.37. The maximum Gasteiger partial charge on any atom is 0.261 e. The van der Waals surface area contributed by atoms with Gasteiger partial charge in [-0.15, -0.1) is 0 Å². The minimum Gasteiger partial charge on any atom is -0.493 e. The van der Waals surface area contributed by atoms with Crippen molar-refractivity contribution in [3.05, 3.63) is 87.5 Å². The van der Waals surface area contributed by atoms with E-state index in [1.54, 1.807) is 30.9 Å². The number of rotatable bonds is 4. The number of aromatic nitrogens is 2. The van der Waals surface area contributed by atoms with Crippen molar-refractivity contribution in [3.8, 4) is 17.2 Å². The molecule has 3 aromatic carbocycles. The smallest absolute Gasteiger partial charge is 0.261 e. The fraction of sp³-hybridized carbons (Fsp3) is 0.439. The van der Waals surface area contributed by atoms with E-state index < -0.39 is 11.8 Å². The quantitative estimate of drug-likeness (QED) is 0.300. The van der Waals surface area contributed by atoms with E-state index in [0.29, 0.717) is 80.8 Å². The molecule has 16 heteroatoms. The fourth-order valence-corrected chi connectivity index (χ4v) is 7.11. The number of anilines is 1. The molecule has 1 fully saturated rings. The lowest BCUT2D eigenvalue weighted by molar-refractivity contribution is -0.123. The number of aryl methyl sites for hydroxylation is 1. The molecule has 1 unspecified atom stereocenters. The zero-order chi connectivity index (χ0) is 39.7. The number of methoxy groups -OCH3 is 2. The average Bonchev–Trinajstić information content (AvgIpc) is 3.46. The molecule has 3 aliphatic rings. The van der Waals surface area contributed by atoms with E-state index in [-0.39, 0.29) is 80.3 Å². The lowest BCUT2D eigenvalue weighted by atomic mass is 10.1. The van der Waals surface area contributed by atoms with Gasteiger partial charge >= 0.3 is 0 Å². The van der Waals surface area contributed by atoms with Crippen LogP contribution in [0.2, 0.25) is 0 Å². The van der Waals surface area contributed by atoms with Crippen LogP contribution in [0.5, 0.6) is 17.2 Å². The van der Waals surface area contributed by atoms with Gasteiger partial charge in [0.05, 0.1) is 74.9 Å². The van der Waals surface area contributed by atoms with Gasteiger partial charge in [-0.1, -0.05) is 6.07 Å². The Morgan fingerprint density at radius 1 is 0.807 bits per heavy atom. The summed E-state index contributed by atoms with van der Waals surface area (Å²) in [5, 5.41) is 3.17. The number of hydrogen-bond donors (Lipinski definition) is 1. The van der Waals surface area contributed by atoms with Crippen LogP contribution >= 0.6 is 0 Å². The minimum absolute atomic E-state index is 0.0184. The van der Waals surface area contributed by atoms with Gasteiger partial charge in [0.2, 0.25) is 0 Å². The highest BCUT2D eigenvalue weighted by Gasteiger charge is 2.36. The molecule has 302 valence electrons. The van der Waals surface area contributed by atoms with Gasteiger partial charge in [-0.05, 0) is 60.5 Å². The van der Waals surface area contributed by atoms with Crippen LogP contribution in [0.25, 0.3) is 10.9 Å². The molecule has 7 rings (SSSR count). The molecular formula is C41H47N5O11. The van der Waals surface area contributed by atoms with Crippen LogP contribution in [0.3, 0.4) is 0 Å².